The molecule has 5 heteroatoms. The molecular formula is C15H15Cl2NOS. The van der Waals surface area contributed by atoms with Gasteiger partial charge in [-0.05, 0) is 36.8 Å². The van der Waals surface area contributed by atoms with Crippen LogP contribution >= 0.6 is 35.0 Å². The van der Waals surface area contributed by atoms with Crippen molar-refractivity contribution < 1.29 is 4.74 Å². The molecule has 0 heterocycles. The molecule has 0 bridgehead atoms. The molecule has 0 aromatic heterocycles. The van der Waals surface area contributed by atoms with Gasteiger partial charge in [-0.15, -0.1) is 0 Å². The summed E-state index contributed by atoms with van der Waals surface area (Å²) in [5.41, 5.74) is 6.77. The van der Waals surface area contributed by atoms with Crippen molar-refractivity contribution in [3.63, 3.8) is 0 Å². The van der Waals surface area contributed by atoms with Crippen LogP contribution in [-0.2, 0) is 0 Å². The highest BCUT2D eigenvalue weighted by atomic mass is 35.5. The van der Waals surface area contributed by atoms with E-state index >= 15 is 0 Å². The zero-order chi connectivity index (χ0) is 14.5. The Morgan fingerprint density at radius 1 is 1.15 bits per heavy atom. The Kier molecular flexibility index (Phi) is 5.46. The van der Waals surface area contributed by atoms with Gasteiger partial charge in [0, 0.05) is 14.8 Å². The maximum Gasteiger partial charge on any atom is 0.143 e. The smallest absolute Gasteiger partial charge is 0.143 e. The van der Waals surface area contributed by atoms with Crippen molar-refractivity contribution >= 4 is 40.7 Å². The van der Waals surface area contributed by atoms with Gasteiger partial charge in [0.25, 0.3) is 0 Å². The minimum absolute atomic E-state index is 0.627. The molecule has 106 valence electrons. The van der Waals surface area contributed by atoms with Crippen molar-refractivity contribution in [3.05, 3.63) is 46.4 Å². The van der Waals surface area contributed by atoms with Crippen molar-refractivity contribution in [3.8, 4) is 5.75 Å². The molecule has 0 aliphatic carbocycles. The van der Waals surface area contributed by atoms with Crippen LogP contribution in [0.2, 0.25) is 10.0 Å². The van der Waals surface area contributed by atoms with Crippen LogP contribution in [0.1, 0.15) is 13.3 Å². The molecule has 2 aromatic rings. The Hall–Kier alpha value is -1.03. The zero-order valence-corrected chi connectivity index (χ0v) is 13.4. The minimum Gasteiger partial charge on any atom is -0.491 e. The van der Waals surface area contributed by atoms with Crippen molar-refractivity contribution in [1.82, 2.24) is 0 Å². The molecule has 0 unspecified atom stereocenters. The second kappa shape index (κ2) is 7.11. The van der Waals surface area contributed by atoms with Crippen molar-refractivity contribution in [2.24, 2.45) is 0 Å². The normalized spacial score (nSPS) is 10.6. The van der Waals surface area contributed by atoms with E-state index in [1.807, 2.05) is 24.3 Å². The van der Waals surface area contributed by atoms with Crippen LogP contribution in [0.5, 0.6) is 5.75 Å². The number of halogens is 2. The average Bonchev–Trinajstić information content (AvgIpc) is 2.44. The second-order valence-electron chi connectivity index (χ2n) is 4.19. The number of benzene rings is 2. The molecule has 0 amide bonds. The lowest BCUT2D eigenvalue weighted by atomic mass is 10.3. The number of anilines is 1. The monoisotopic (exact) mass is 327 g/mol. The van der Waals surface area contributed by atoms with E-state index in [4.69, 9.17) is 33.7 Å². The first-order valence-electron chi connectivity index (χ1n) is 6.26. The summed E-state index contributed by atoms with van der Waals surface area (Å²) < 4.78 is 5.62. The first kappa shape index (κ1) is 15.4. The molecule has 2 nitrogen and oxygen atoms in total. The number of para-hydroxylation sites is 1. The topological polar surface area (TPSA) is 35.2 Å². The van der Waals surface area contributed by atoms with Gasteiger partial charge in [0.1, 0.15) is 5.75 Å². The number of nitrogen functional groups attached to an aromatic ring is 1. The van der Waals surface area contributed by atoms with Crippen LogP contribution < -0.4 is 10.5 Å². The van der Waals surface area contributed by atoms with E-state index < -0.39 is 0 Å². The third kappa shape index (κ3) is 3.75. The molecule has 2 rings (SSSR count). The van der Waals surface area contributed by atoms with Crippen LogP contribution in [0.15, 0.2) is 46.2 Å². The van der Waals surface area contributed by atoms with Crippen molar-refractivity contribution in [2.45, 2.75) is 23.1 Å². The van der Waals surface area contributed by atoms with Crippen LogP contribution in [-0.4, -0.2) is 6.61 Å². The Bertz CT molecular complexity index is 604. The number of ether oxygens (including phenoxy) is 1. The fraction of sp³-hybridized carbons (Fsp3) is 0.200. The van der Waals surface area contributed by atoms with Gasteiger partial charge in [-0.3, -0.25) is 0 Å². The van der Waals surface area contributed by atoms with Gasteiger partial charge in [0.05, 0.1) is 17.3 Å². The fourth-order valence-electron chi connectivity index (χ4n) is 1.62. The molecule has 0 fully saturated rings. The van der Waals surface area contributed by atoms with Crippen LogP contribution in [0, 0.1) is 0 Å². The summed E-state index contributed by atoms with van der Waals surface area (Å²) in [5, 5.41) is 1.30. The summed E-state index contributed by atoms with van der Waals surface area (Å²) >= 11 is 13.6. The summed E-state index contributed by atoms with van der Waals surface area (Å²) in [5.74, 6) is 0.704. The molecule has 20 heavy (non-hydrogen) atoms. The van der Waals surface area contributed by atoms with Gasteiger partial charge < -0.3 is 10.5 Å². The van der Waals surface area contributed by atoms with E-state index in [2.05, 4.69) is 6.92 Å². The molecule has 0 spiro atoms. The van der Waals surface area contributed by atoms with Crippen LogP contribution in [0.4, 0.5) is 5.69 Å². The highest BCUT2D eigenvalue weighted by molar-refractivity contribution is 7.99. The Balaban J connectivity index is 2.27. The van der Waals surface area contributed by atoms with Gasteiger partial charge in [0.15, 0.2) is 0 Å². The SMILES string of the molecule is CCCOc1cccc(Sc2cc(Cl)ccc2Cl)c1N. The third-order valence-corrected chi connectivity index (χ3v) is 4.41. The molecule has 0 radical (unpaired) electrons. The fourth-order valence-corrected chi connectivity index (χ4v) is 3.04. The molecule has 0 atom stereocenters. The number of nitrogens with two attached hydrogens (primary N) is 1. The highest BCUT2D eigenvalue weighted by Crippen LogP contribution is 2.40. The second-order valence-corrected chi connectivity index (χ2v) is 6.12. The van der Waals surface area contributed by atoms with E-state index in [-0.39, 0.29) is 0 Å². The van der Waals surface area contributed by atoms with Crippen molar-refractivity contribution in [1.29, 1.82) is 0 Å². The van der Waals surface area contributed by atoms with Crippen LogP contribution in [0.25, 0.3) is 0 Å². The lowest BCUT2D eigenvalue weighted by Gasteiger charge is -2.12. The minimum atomic E-state index is 0.627. The summed E-state index contributed by atoms with van der Waals surface area (Å²) in [4.78, 5) is 1.78. The highest BCUT2D eigenvalue weighted by Gasteiger charge is 2.10. The molecule has 2 N–H and O–H groups in total. The predicted molar refractivity (Wildman–Crippen MR) is 87.2 cm³/mol. The van der Waals surface area contributed by atoms with Crippen LogP contribution in [0.3, 0.4) is 0 Å². The standard InChI is InChI=1S/C15H15Cl2NOS/c1-2-8-19-12-4-3-5-13(15(12)18)20-14-9-10(16)6-7-11(14)17/h3-7,9H,2,8,18H2,1H3. The first-order chi connectivity index (χ1) is 9.61. The lowest BCUT2D eigenvalue weighted by molar-refractivity contribution is 0.318. The van der Waals surface area contributed by atoms with Gasteiger partial charge in [-0.2, -0.15) is 0 Å². The molecule has 2 aromatic carbocycles. The predicted octanol–water partition coefficient (Wildman–Crippen LogP) is 5.52. The zero-order valence-electron chi connectivity index (χ0n) is 11.0. The quantitative estimate of drug-likeness (QED) is 0.735. The molecule has 0 saturated carbocycles. The van der Waals surface area contributed by atoms with Gasteiger partial charge in [-0.1, -0.05) is 48.0 Å². The number of rotatable bonds is 5. The van der Waals surface area contributed by atoms with Gasteiger partial charge in [0.2, 0.25) is 0 Å². The van der Waals surface area contributed by atoms with Gasteiger partial charge in [-0.25, -0.2) is 0 Å². The van der Waals surface area contributed by atoms with Crippen molar-refractivity contribution in [2.75, 3.05) is 12.3 Å². The average molecular weight is 328 g/mol. The largest absolute Gasteiger partial charge is 0.491 e. The Morgan fingerprint density at radius 3 is 2.70 bits per heavy atom. The van der Waals surface area contributed by atoms with E-state index in [9.17, 15) is 0 Å². The molecule has 0 aliphatic rings. The van der Waals surface area contributed by atoms with E-state index in [0.29, 0.717) is 28.1 Å². The summed E-state index contributed by atoms with van der Waals surface area (Å²) in [7, 11) is 0. The summed E-state index contributed by atoms with van der Waals surface area (Å²) in [6.45, 7) is 2.71. The number of hydrogen-bond donors (Lipinski definition) is 1. The maximum atomic E-state index is 6.17. The molecular weight excluding hydrogens is 313 g/mol. The first-order valence-corrected chi connectivity index (χ1v) is 7.83. The summed E-state index contributed by atoms with van der Waals surface area (Å²) in [6.07, 6.45) is 0.941. The van der Waals surface area contributed by atoms with Gasteiger partial charge >= 0.3 is 0 Å². The van der Waals surface area contributed by atoms with E-state index in [1.54, 1.807) is 12.1 Å². The summed E-state index contributed by atoms with van der Waals surface area (Å²) in [6, 6.07) is 11.1. The third-order valence-electron chi connectivity index (χ3n) is 2.60. The van der Waals surface area contributed by atoms with E-state index in [0.717, 1.165) is 16.2 Å². The lowest BCUT2D eigenvalue weighted by Crippen LogP contribution is -1.99. The molecule has 0 aliphatic heterocycles. The maximum absolute atomic E-state index is 6.17. The molecule has 0 saturated heterocycles. The Morgan fingerprint density at radius 2 is 1.95 bits per heavy atom. The number of hydrogen-bond acceptors (Lipinski definition) is 3. The van der Waals surface area contributed by atoms with E-state index in [1.165, 1.54) is 11.8 Å². The Labute approximate surface area is 133 Å².